The van der Waals surface area contributed by atoms with Crippen LogP contribution in [0, 0.1) is 5.82 Å². The molecule has 3 nitrogen and oxygen atoms in total. The van der Waals surface area contributed by atoms with Crippen LogP contribution in [0.4, 0.5) is 4.39 Å². The summed E-state index contributed by atoms with van der Waals surface area (Å²) in [5, 5.41) is 0.493. The van der Waals surface area contributed by atoms with Gasteiger partial charge in [0.25, 0.3) is 0 Å². The first kappa shape index (κ1) is 17.7. The monoisotopic (exact) mass is 495 g/mol. The number of aromatic nitrogens is 1. The van der Waals surface area contributed by atoms with Crippen molar-refractivity contribution >= 4 is 53.8 Å². The summed E-state index contributed by atoms with van der Waals surface area (Å²) in [5.74, 6) is -0.646. The molecular formula is C15H13Br3FNO2. The first-order chi connectivity index (χ1) is 10.5. The van der Waals surface area contributed by atoms with E-state index in [9.17, 15) is 9.18 Å². The molecule has 0 spiro atoms. The number of esters is 1. The standard InChI is InChI=1S/C15H13Br3FNO2/c1-2-22-15(21)12-11(7-16)20(14(18)13(12)17)8-9-3-5-10(19)6-4-9/h3-6H,2,7-8H2,1H3. The van der Waals surface area contributed by atoms with E-state index in [-0.39, 0.29) is 11.8 Å². The van der Waals surface area contributed by atoms with Gasteiger partial charge in [-0.05, 0) is 56.5 Å². The Morgan fingerprint density at radius 3 is 2.45 bits per heavy atom. The molecule has 0 radical (unpaired) electrons. The van der Waals surface area contributed by atoms with Gasteiger partial charge in [0.15, 0.2) is 0 Å². The van der Waals surface area contributed by atoms with Crippen LogP contribution in [0.1, 0.15) is 28.5 Å². The highest BCUT2D eigenvalue weighted by molar-refractivity contribution is 9.13. The van der Waals surface area contributed by atoms with Crippen LogP contribution < -0.4 is 0 Å². The highest BCUT2D eigenvalue weighted by Gasteiger charge is 2.25. The second-order valence-corrected chi connectivity index (χ2v) is 6.60. The number of hydrogen-bond acceptors (Lipinski definition) is 2. The summed E-state index contributed by atoms with van der Waals surface area (Å²) in [5.41, 5.74) is 2.22. The van der Waals surface area contributed by atoms with E-state index in [0.29, 0.717) is 28.5 Å². The third kappa shape index (κ3) is 3.63. The molecule has 0 fully saturated rings. The number of nitrogens with zero attached hydrogens (tertiary/aromatic N) is 1. The summed E-state index contributed by atoms with van der Waals surface area (Å²) in [6.07, 6.45) is 0. The minimum Gasteiger partial charge on any atom is -0.462 e. The maximum atomic E-state index is 13.0. The largest absolute Gasteiger partial charge is 0.462 e. The smallest absolute Gasteiger partial charge is 0.341 e. The Morgan fingerprint density at radius 1 is 1.27 bits per heavy atom. The van der Waals surface area contributed by atoms with Gasteiger partial charge in [-0.1, -0.05) is 28.1 Å². The van der Waals surface area contributed by atoms with Crippen LogP contribution in [-0.4, -0.2) is 17.1 Å². The van der Waals surface area contributed by atoms with Crippen molar-refractivity contribution in [2.45, 2.75) is 18.8 Å². The minimum atomic E-state index is -0.373. The molecule has 1 heterocycles. The Morgan fingerprint density at radius 2 is 1.91 bits per heavy atom. The van der Waals surface area contributed by atoms with Crippen molar-refractivity contribution in [2.75, 3.05) is 6.61 Å². The van der Waals surface area contributed by atoms with Gasteiger partial charge in [0.05, 0.1) is 16.6 Å². The number of carbonyl (C=O) groups is 1. The summed E-state index contributed by atoms with van der Waals surface area (Å²) >= 11 is 10.4. The van der Waals surface area contributed by atoms with Crippen molar-refractivity contribution in [1.29, 1.82) is 0 Å². The number of ether oxygens (including phenoxy) is 1. The highest BCUT2D eigenvalue weighted by Crippen LogP contribution is 2.35. The fourth-order valence-electron chi connectivity index (χ4n) is 2.09. The zero-order chi connectivity index (χ0) is 16.3. The van der Waals surface area contributed by atoms with Crippen LogP contribution in [0.5, 0.6) is 0 Å². The van der Waals surface area contributed by atoms with Crippen molar-refractivity contribution in [2.24, 2.45) is 0 Å². The average molecular weight is 498 g/mol. The Hall–Kier alpha value is -0.660. The van der Waals surface area contributed by atoms with Crippen LogP contribution in [-0.2, 0) is 16.6 Å². The zero-order valence-electron chi connectivity index (χ0n) is 11.7. The maximum absolute atomic E-state index is 13.0. The summed E-state index contributed by atoms with van der Waals surface area (Å²) in [4.78, 5) is 12.2. The number of carbonyl (C=O) groups excluding carboxylic acids is 1. The van der Waals surface area contributed by atoms with Crippen LogP contribution in [0.2, 0.25) is 0 Å². The van der Waals surface area contributed by atoms with Crippen LogP contribution >= 0.6 is 47.8 Å². The molecule has 118 valence electrons. The lowest BCUT2D eigenvalue weighted by atomic mass is 10.2. The topological polar surface area (TPSA) is 31.2 Å². The van der Waals surface area contributed by atoms with Gasteiger partial charge in [-0.15, -0.1) is 0 Å². The minimum absolute atomic E-state index is 0.274. The van der Waals surface area contributed by atoms with E-state index >= 15 is 0 Å². The fourth-order valence-corrected chi connectivity index (χ4v) is 3.81. The van der Waals surface area contributed by atoms with E-state index in [1.807, 2.05) is 4.57 Å². The summed E-state index contributed by atoms with van der Waals surface area (Å²) < 4.78 is 21.5. The molecule has 0 aliphatic rings. The molecule has 7 heteroatoms. The molecule has 1 aromatic heterocycles. The van der Waals surface area contributed by atoms with Gasteiger partial charge in [-0.25, -0.2) is 9.18 Å². The van der Waals surface area contributed by atoms with Crippen molar-refractivity contribution in [3.8, 4) is 0 Å². The van der Waals surface area contributed by atoms with Crippen molar-refractivity contribution in [3.05, 3.63) is 56.0 Å². The molecular weight excluding hydrogens is 485 g/mol. The van der Waals surface area contributed by atoms with Crippen molar-refractivity contribution in [3.63, 3.8) is 0 Å². The third-order valence-corrected chi connectivity index (χ3v) is 5.77. The van der Waals surface area contributed by atoms with Gasteiger partial charge in [0.2, 0.25) is 0 Å². The Bertz CT molecular complexity index is 683. The second-order valence-electron chi connectivity index (χ2n) is 4.49. The van der Waals surface area contributed by atoms with Crippen LogP contribution in [0.25, 0.3) is 0 Å². The van der Waals surface area contributed by atoms with Gasteiger partial charge < -0.3 is 9.30 Å². The Kier molecular flexibility index (Phi) is 6.23. The summed E-state index contributed by atoms with van der Waals surface area (Å²) in [6.45, 7) is 2.59. The highest BCUT2D eigenvalue weighted by atomic mass is 79.9. The predicted octanol–water partition coefficient (Wildman–Crippen LogP) is 5.27. The van der Waals surface area contributed by atoms with E-state index in [4.69, 9.17) is 4.74 Å². The first-order valence-corrected chi connectivity index (χ1v) is 9.24. The van der Waals surface area contributed by atoms with Gasteiger partial charge in [-0.2, -0.15) is 0 Å². The second kappa shape index (κ2) is 7.75. The normalized spacial score (nSPS) is 10.8. The van der Waals surface area contributed by atoms with E-state index in [0.717, 1.165) is 15.9 Å². The van der Waals surface area contributed by atoms with Gasteiger partial charge in [-0.3, -0.25) is 0 Å². The SMILES string of the molecule is CCOC(=O)c1c(Br)c(Br)n(Cc2ccc(F)cc2)c1CBr. The third-order valence-electron chi connectivity index (χ3n) is 3.11. The number of halogens is 4. The zero-order valence-corrected chi connectivity index (χ0v) is 16.5. The average Bonchev–Trinajstić information content (AvgIpc) is 2.74. The molecule has 0 aliphatic heterocycles. The van der Waals surface area contributed by atoms with E-state index in [1.165, 1.54) is 12.1 Å². The number of hydrogen-bond donors (Lipinski definition) is 0. The molecule has 0 amide bonds. The molecule has 0 unspecified atom stereocenters. The summed E-state index contributed by atoms with van der Waals surface area (Å²) in [6, 6.07) is 6.28. The maximum Gasteiger partial charge on any atom is 0.341 e. The summed E-state index contributed by atoms with van der Waals surface area (Å²) in [7, 11) is 0. The van der Waals surface area contributed by atoms with Gasteiger partial charge in [0.1, 0.15) is 10.4 Å². The molecule has 0 atom stereocenters. The van der Waals surface area contributed by atoms with Crippen LogP contribution in [0.15, 0.2) is 33.3 Å². The molecule has 1 aromatic carbocycles. The molecule has 0 bridgehead atoms. The van der Waals surface area contributed by atoms with Crippen LogP contribution in [0.3, 0.4) is 0 Å². The predicted molar refractivity (Wildman–Crippen MR) is 93.9 cm³/mol. The molecule has 0 saturated heterocycles. The Balaban J connectivity index is 2.45. The Labute approximate surface area is 153 Å². The van der Waals surface area contributed by atoms with Crippen molar-refractivity contribution in [1.82, 2.24) is 4.57 Å². The fraction of sp³-hybridized carbons (Fsp3) is 0.267. The number of benzene rings is 1. The van der Waals surface area contributed by atoms with Crippen molar-refractivity contribution < 1.29 is 13.9 Å². The quantitative estimate of drug-likeness (QED) is 0.416. The first-order valence-electron chi connectivity index (χ1n) is 6.53. The van der Waals surface area contributed by atoms with E-state index < -0.39 is 0 Å². The lowest BCUT2D eigenvalue weighted by molar-refractivity contribution is 0.0524. The number of rotatable bonds is 5. The number of alkyl halides is 1. The van der Waals surface area contributed by atoms with E-state index in [2.05, 4.69) is 47.8 Å². The molecule has 2 aromatic rings. The molecule has 2 rings (SSSR count). The van der Waals surface area contributed by atoms with Gasteiger partial charge >= 0.3 is 5.97 Å². The lowest BCUT2D eigenvalue weighted by Crippen LogP contribution is -2.10. The lowest BCUT2D eigenvalue weighted by Gasteiger charge is -2.10. The molecule has 22 heavy (non-hydrogen) atoms. The molecule has 0 saturated carbocycles. The molecule has 0 aliphatic carbocycles. The molecule has 0 N–H and O–H groups in total. The van der Waals surface area contributed by atoms with Gasteiger partial charge in [0, 0.05) is 17.6 Å². The van der Waals surface area contributed by atoms with E-state index in [1.54, 1.807) is 19.1 Å².